The second-order valence-electron chi connectivity index (χ2n) is 4.04. The summed E-state index contributed by atoms with van der Waals surface area (Å²) in [6.45, 7) is 3.19. The Morgan fingerprint density at radius 2 is 2.16 bits per heavy atom. The molecule has 0 aromatic heterocycles. The molecule has 1 aromatic rings. The van der Waals surface area contributed by atoms with Crippen molar-refractivity contribution in [2.75, 3.05) is 42.4 Å². The van der Waals surface area contributed by atoms with Crippen LogP contribution in [0, 0.1) is 0 Å². The summed E-state index contributed by atoms with van der Waals surface area (Å²) in [6, 6.07) is 7.72. The van der Waals surface area contributed by atoms with Gasteiger partial charge in [0, 0.05) is 25.0 Å². The van der Waals surface area contributed by atoms with Crippen LogP contribution in [-0.2, 0) is 9.53 Å². The van der Waals surface area contributed by atoms with Crippen LogP contribution in [0.3, 0.4) is 0 Å². The van der Waals surface area contributed by atoms with E-state index in [0.717, 1.165) is 24.3 Å². The van der Waals surface area contributed by atoms with Crippen molar-refractivity contribution in [3.05, 3.63) is 24.3 Å². The van der Waals surface area contributed by atoms with Gasteiger partial charge < -0.3 is 15.4 Å². The Bertz CT molecular complexity index is 385. The summed E-state index contributed by atoms with van der Waals surface area (Å²) < 4.78 is 4.78. The summed E-state index contributed by atoms with van der Waals surface area (Å²) in [6.07, 6.45) is 1.14. The maximum absolute atomic E-state index is 11.4. The van der Waals surface area contributed by atoms with Crippen LogP contribution in [0.5, 0.6) is 0 Å². The molecule has 1 amide bonds. The summed E-state index contributed by atoms with van der Waals surface area (Å²) in [4.78, 5) is 11.4. The number of anilines is 2. The molecule has 0 unspecified atom stereocenters. The van der Waals surface area contributed by atoms with Crippen molar-refractivity contribution in [3.8, 4) is 0 Å². The van der Waals surface area contributed by atoms with Gasteiger partial charge in [-0.15, -0.1) is 0 Å². The van der Waals surface area contributed by atoms with Crippen LogP contribution in [0.1, 0.15) is 13.3 Å². The van der Waals surface area contributed by atoms with Crippen LogP contribution < -0.4 is 10.6 Å². The van der Waals surface area contributed by atoms with Gasteiger partial charge in [0.25, 0.3) is 0 Å². The fourth-order valence-electron chi connectivity index (χ4n) is 1.59. The monoisotopic (exact) mass is 282 g/mol. The van der Waals surface area contributed by atoms with Crippen LogP contribution in [0.25, 0.3) is 0 Å². The number of thioether (sulfide) groups is 1. The van der Waals surface area contributed by atoms with Crippen molar-refractivity contribution < 1.29 is 9.53 Å². The van der Waals surface area contributed by atoms with Crippen molar-refractivity contribution in [2.45, 2.75) is 13.3 Å². The van der Waals surface area contributed by atoms with Gasteiger partial charge in [-0.2, -0.15) is 11.8 Å². The molecule has 0 fully saturated rings. The number of carbonyl (C=O) groups excluding carboxylic acids is 1. The molecule has 0 heterocycles. The molecule has 2 N–H and O–H groups in total. The smallest absolute Gasteiger partial charge is 0.250 e. The molecule has 0 saturated heterocycles. The van der Waals surface area contributed by atoms with E-state index in [2.05, 4.69) is 17.6 Å². The Kier molecular flexibility index (Phi) is 8.09. The number of ether oxygens (including phenoxy) is 1. The summed E-state index contributed by atoms with van der Waals surface area (Å²) >= 11 is 1.95. The number of methoxy groups -OCH3 is 1. The maximum Gasteiger partial charge on any atom is 0.250 e. The molecule has 0 spiro atoms. The zero-order valence-electron chi connectivity index (χ0n) is 11.6. The topological polar surface area (TPSA) is 50.4 Å². The lowest BCUT2D eigenvalue weighted by Crippen LogP contribution is -2.17. The lowest BCUT2D eigenvalue weighted by Gasteiger charge is -2.09. The Morgan fingerprint density at radius 1 is 1.37 bits per heavy atom. The van der Waals surface area contributed by atoms with Gasteiger partial charge >= 0.3 is 0 Å². The van der Waals surface area contributed by atoms with Crippen molar-refractivity contribution in [3.63, 3.8) is 0 Å². The van der Waals surface area contributed by atoms with E-state index >= 15 is 0 Å². The second kappa shape index (κ2) is 9.69. The Morgan fingerprint density at radius 3 is 2.89 bits per heavy atom. The normalized spacial score (nSPS) is 10.2. The second-order valence-corrected chi connectivity index (χ2v) is 5.43. The van der Waals surface area contributed by atoms with E-state index in [1.807, 2.05) is 36.0 Å². The summed E-state index contributed by atoms with van der Waals surface area (Å²) in [5, 5.41) is 6.14. The van der Waals surface area contributed by atoms with Gasteiger partial charge in [-0.25, -0.2) is 0 Å². The predicted octanol–water partition coefficient (Wildman–Crippen LogP) is 2.83. The largest absolute Gasteiger partial charge is 0.385 e. The van der Waals surface area contributed by atoms with Crippen LogP contribution in [0.2, 0.25) is 0 Å². The molecular weight excluding hydrogens is 260 g/mol. The number of hydrogen-bond donors (Lipinski definition) is 2. The summed E-state index contributed by atoms with van der Waals surface area (Å²) in [7, 11) is 1.51. The molecule has 0 bridgehead atoms. The molecule has 0 aliphatic carbocycles. The SMILES string of the molecule is CCSCCCNc1cccc(NC(=O)COC)c1. The van der Waals surface area contributed by atoms with Gasteiger partial charge in [0.2, 0.25) is 5.91 Å². The van der Waals surface area contributed by atoms with E-state index in [1.165, 1.54) is 18.6 Å². The Labute approximate surface area is 119 Å². The standard InChI is InChI=1S/C14H22N2O2S/c1-3-19-9-5-8-15-12-6-4-7-13(10-12)16-14(17)11-18-2/h4,6-7,10,15H,3,5,8-9,11H2,1-2H3,(H,16,17). The molecule has 4 nitrogen and oxygen atoms in total. The minimum atomic E-state index is -0.140. The molecular formula is C14H22N2O2S. The Hall–Kier alpha value is -1.20. The van der Waals surface area contributed by atoms with Crippen molar-refractivity contribution in [1.82, 2.24) is 0 Å². The highest BCUT2D eigenvalue weighted by Crippen LogP contribution is 2.15. The van der Waals surface area contributed by atoms with Crippen LogP contribution in [0.15, 0.2) is 24.3 Å². The molecule has 0 atom stereocenters. The number of carbonyl (C=O) groups is 1. The first-order valence-corrected chi connectivity index (χ1v) is 7.62. The third-order valence-corrected chi connectivity index (χ3v) is 3.41. The van der Waals surface area contributed by atoms with Gasteiger partial charge in [0.1, 0.15) is 6.61 Å². The lowest BCUT2D eigenvalue weighted by molar-refractivity contribution is -0.119. The highest BCUT2D eigenvalue weighted by molar-refractivity contribution is 7.99. The van der Waals surface area contributed by atoms with E-state index in [9.17, 15) is 4.79 Å². The van der Waals surface area contributed by atoms with Gasteiger partial charge in [-0.3, -0.25) is 4.79 Å². The molecule has 106 valence electrons. The third kappa shape index (κ3) is 7.08. The summed E-state index contributed by atoms with van der Waals surface area (Å²) in [5.41, 5.74) is 1.81. The van der Waals surface area contributed by atoms with E-state index in [1.54, 1.807) is 0 Å². The van der Waals surface area contributed by atoms with E-state index in [0.29, 0.717) is 0 Å². The fraction of sp³-hybridized carbons (Fsp3) is 0.500. The van der Waals surface area contributed by atoms with E-state index < -0.39 is 0 Å². The number of benzene rings is 1. The van der Waals surface area contributed by atoms with Crippen molar-refractivity contribution in [1.29, 1.82) is 0 Å². The average Bonchev–Trinajstić information content (AvgIpc) is 2.39. The average molecular weight is 282 g/mol. The number of nitrogens with one attached hydrogen (secondary N) is 2. The minimum Gasteiger partial charge on any atom is -0.385 e. The molecule has 0 saturated carbocycles. The molecule has 1 rings (SSSR count). The van der Waals surface area contributed by atoms with Crippen molar-refractivity contribution in [2.24, 2.45) is 0 Å². The first-order chi connectivity index (χ1) is 9.26. The van der Waals surface area contributed by atoms with Crippen LogP contribution >= 0.6 is 11.8 Å². The summed E-state index contributed by atoms with van der Waals surface area (Å²) in [5.74, 6) is 2.20. The highest BCUT2D eigenvalue weighted by atomic mass is 32.2. The first-order valence-electron chi connectivity index (χ1n) is 6.46. The zero-order valence-corrected chi connectivity index (χ0v) is 12.4. The van der Waals surface area contributed by atoms with Gasteiger partial charge in [0.05, 0.1) is 0 Å². The molecule has 19 heavy (non-hydrogen) atoms. The van der Waals surface area contributed by atoms with E-state index in [-0.39, 0.29) is 12.5 Å². The molecule has 0 aliphatic heterocycles. The first kappa shape index (κ1) is 15.9. The maximum atomic E-state index is 11.4. The Balaban J connectivity index is 2.37. The molecule has 1 aromatic carbocycles. The number of hydrogen-bond acceptors (Lipinski definition) is 4. The third-order valence-electron chi connectivity index (χ3n) is 2.42. The molecule has 0 aliphatic rings. The van der Waals surface area contributed by atoms with Gasteiger partial charge in [-0.1, -0.05) is 13.0 Å². The fourth-order valence-corrected chi connectivity index (χ4v) is 2.22. The molecule has 0 radical (unpaired) electrons. The van der Waals surface area contributed by atoms with E-state index in [4.69, 9.17) is 4.74 Å². The van der Waals surface area contributed by atoms with Crippen LogP contribution in [-0.4, -0.2) is 37.7 Å². The van der Waals surface area contributed by atoms with Gasteiger partial charge in [0.15, 0.2) is 0 Å². The lowest BCUT2D eigenvalue weighted by atomic mass is 10.2. The quantitative estimate of drug-likeness (QED) is 0.684. The zero-order chi connectivity index (χ0) is 13.9. The minimum absolute atomic E-state index is 0.0753. The number of rotatable bonds is 9. The predicted molar refractivity (Wildman–Crippen MR) is 83.1 cm³/mol. The van der Waals surface area contributed by atoms with Crippen LogP contribution in [0.4, 0.5) is 11.4 Å². The highest BCUT2D eigenvalue weighted by Gasteiger charge is 2.01. The van der Waals surface area contributed by atoms with Crippen molar-refractivity contribution >= 4 is 29.0 Å². The van der Waals surface area contributed by atoms with Gasteiger partial charge in [-0.05, 0) is 36.1 Å². The number of amides is 1. The molecule has 5 heteroatoms.